The molecular weight excluding hydrogens is 378 g/mol. The number of rotatable bonds is 4. The van der Waals surface area contributed by atoms with Gasteiger partial charge in [-0.2, -0.15) is 0 Å². The van der Waals surface area contributed by atoms with Crippen LogP contribution in [0.15, 0.2) is 30.5 Å². The molecule has 2 aliphatic rings. The summed E-state index contributed by atoms with van der Waals surface area (Å²) in [6.07, 6.45) is 3.98. The molecule has 2 aliphatic heterocycles. The number of fused-ring (bicyclic) bond motifs is 1. The van der Waals surface area contributed by atoms with Crippen LogP contribution in [0.1, 0.15) is 19.3 Å². The summed E-state index contributed by atoms with van der Waals surface area (Å²) in [6.45, 7) is 4.62. The van der Waals surface area contributed by atoms with Gasteiger partial charge in [-0.05, 0) is 37.1 Å². The van der Waals surface area contributed by atoms with Crippen molar-refractivity contribution in [3.8, 4) is 0 Å². The van der Waals surface area contributed by atoms with Crippen LogP contribution >= 0.6 is 11.6 Å². The van der Waals surface area contributed by atoms with Crippen molar-refractivity contribution in [1.29, 1.82) is 0 Å². The highest BCUT2D eigenvalue weighted by Gasteiger charge is 2.30. The van der Waals surface area contributed by atoms with E-state index in [0.29, 0.717) is 52.4 Å². The average molecular weight is 404 g/mol. The van der Waals surface area contributed by atoms with Gasteiger partial charge in [-0.3, -0.25) is 9.59 Å². The highest BCUT2D eigenvalue weighted by atomic mass is 35.5. The van der Waals surface area contributed by atoms with E-state index in [2.05, 4.69) is 4.57 Å². The number of hydrogen-bond acceptors (Lipinski definition) is 3. The number of hydrogen-bond donors (Lipinski definition) is 0. The SMILES string of the molecule is O=C(CCn1ccc2cc(Cl)ccc21)N1CCC(C(=O)N2CCOCC2)CC1. The first-order valence-electron chi connectivity index (χ1n) is 10.0. The Morgan fingerprint density at radius 2 is 1.79 bits per heavy atom. The topological polar surface area (TPSA) is 54.8 Å². The average Bonchev–Trinajstić information content (AvgIpc) is 3.14. The summed E-state index contributed by atoms with van der Waals surface area (Å²) < 4.78 is 7.42. The summed E-state index contributed by atoms with van der Waals surface area (Å²) in [7, 11) is 0. The van der Waals surface area contributed by atoms with Gasteiger partial charge < -0.3 is 19.1 Å². The predicted octanol–water partition coefficient (Wildman–Crippen LogP) is 2.78. The molecule has 6 nitrogen and oxygen atoms in total. The van der Waals surface area contributed by atoms with Crippen molar-refractivity contribution in [3.63, 3.8) is 0 Å². The molecule has 2 amide bonds. The molecule has 150 valence electrons. The molecule has 3 heterocycles. The molecule has 0 radical (unpaired) electrons. The van der Waals surface area contributed by atoms with E-state index in [9.17, 15) is 9.59 Å². The van der Waals surface area contributed by atoms with Crippen molar-refractivity contribution >= 4 is 34.3 Å². The monoisotopic (exact) mass is 403 g/mol. The normalized spacial score (nSPS) is 18.6. The molecule has 2 fully saturated rings. The number of ether oxygens (including phenoxy) is 1. The Kier molecular flexibility index (Phi) is 5.87. The molecule has 0 aliphatic carbocycles. The van der Waals surface area contributed by atoms with Gasteiger partial charge in [0.15, 0.2) is 0 Å². The van der Waals surface area contributed by atoms with Crippen molar-refractivity contribution in [2.24, 2.45) is 5.92 Å². The zero-order valence-electron chi connectivity index (χ0n) is 16.0. The Labute approximate surface area is 170 Å². The molecule has 0 spiro atoms. The molecule has 7 heteroatoms. The fourth-order valence-electron chi connectivity index (χ4n) is 4.16. The van der Waals surface area contributed by atoms with Gasteiger partial charge in [0.1, 0.15) is 0 Å². The largest absolute Gasteiger partial charge is 0.378 e. The van der Waals surface area contributed by atoms with Crippen LogP contribution in [0.2, 0.25) is 5.02 Å². The van der Waals surface area contributed by atoms with Crippen LogP contribution in [-0.4, -0.2) is 65.6 Å². The lowest BCUT2D eigenvalue weighted by atomic mass is 9.95. The summed E-state index contributed by atoms with van der Waals surface area (Å²) in [5, 5.41) is 1.80. The Morgan fingerprint density at radius 3 is 2.54 bits per heavy atom. The number of halogens is 1. The molecule has 0 bridgehead atoms. The fourth-order valence-corrected chi connectivity index (χ4v) is 4.34. The van der Waals surface area contributed by atoms with Crippen molar-refractivity contribution in [3.05, 3.63) is 35.5 Å². The Hall–Kier alpha value is -2.05. The second-order valence-corrected chi connectivity index (χ2v) is 7.99. The molecule has 0 saturated carbocycles. The van der Waals surface area contributed by atoms with Gasteiger partial charge in [-0.1, -0.05) is 11.6 Å². The van der Waals surface area contributed by atoms with Crippen LogP contribution in [0.5, 0.6) is 0 Å². The summed E-state index contributed by atoms with van der Waals surface area (Å²) >= 11 is 6.04. The summed E-state index contributed by atoms with van der Waals surface area (Å²) in [4.78, 5) is 29.1. The predicted molar refractivity (Wildman–Crippen MR) is 108 cm³/mol. The first-order chi connectivity index (χ1) is 13.6. The van der Waals surface area contributed by atoms with E-state index >= 15 is 0 Å². The second kappa shape index (κ2) is 8.53. The number of piperidine rings is 1. The Bertz CT molecular complexity index is 852. The number of aromatic nitrogens is 1. The highest BCUT2D eigenvalue weighted by molar-refractivity contribution is 6.31. The lowest BCUT2D eigenvalue weighted by molar-refractivity contribution is -0.143. The first kappa shape index (κ1) is 19.3. The smallest absolute Gasteiger partial charge is 0.225 e. The maximum atomic E-state index is 12.6. The van der Waals surface area contributed by atoms with Crippen molar-refractivity contribution in [1.82, 2.24) is 14.4 Å². The zero-order valence-corrected chi connectivity index (χ0v) is 16.7. The van der Waals surface area contributed by atoms with Gasteiger partial charge in [-0.15, -0.1) is 0 Å². The van der Waals surface area contributed by atoms with Gasteiger partial charge in [0.2, 0.25) is 11.8 Å². The van der Waals surface area contributed by atoms with Crippen LogP contribution < -0.4 is 0 Å². The van der Waals surface area contributed by atoms with E-state index in [4.69, 9.17) is 16.3 Å². The lowest BCUT2D eigenvalue weighted by Crippen LogP contribution is -2.47. The third kappa shape index (κ3) is 4.18. The molecule has 4 rings (SSSR count). The van der Waals surface area contributed by atoms with E-state index in [-0.39, 0.29) is 17.7 Å². The molecule has 1 aromatic heterocycles. The fraction of sp³-hybridized carbons (Fsp3) is 0.524. The van der Waals surface area contributed by atoms with E-state index in [0.717, 1.165) is 28.8 Å². The highest BCUT2D eigenvalue weighted by Crippen LogP contribution is 2.23. The second-order valence-electron chi connectivity index (χ2n) is 7.55. The minimum Gasteiger partial charge on any atom is -0.378 e. The molecule has 0 atom stereocenters. The van der Waals surface area contributed by atoms with Crippen molar-refractivity contribution in [2.45, 2.75) is 25.8 Å². The maximum absolute atomic E-state index is 12.6. The van der Waals surface area contributed by atoms with E-state index < -0.39 is 0 Å². The van der Waals surface area contributed by atoms with Crippen molar-refractivity contribution in [2.75, 3.05) is 39.4 Å². The Balaban J connectivity index is 1.27. The number of carbonyl (C=O) groups is 2. The van der Waals surface area contributed by atoms with Gasteiger partial charge in [0, 0.05) is 67.2 Å². The van der Waals surface area contributed by atoms with Crippen LogP contribution in [0.4, 0.5) is 0 Å². The van der Waals surface area contributed by atoms with Gasteiger partial charge in [0.25, 0.3) is 0 Å². The molecular formula is C21H26ClN3O3. The third-order valence-electron chi connectivity index (χ3n) is 5.82. The number of likely N-dealkylation sites (tertiary alicyclic amines) is 1. The molecule has 2 aromatic rings. The molecule has 28 heavy (non-hydrogen) atoms. The van der Waals surface area contributed by atoms with Crippen molar-refractivity contribution < 1.29 is 14.3 Å². The number of amides is 2. The summed E-state index contributed by atoms with van der Waals surface area (Å²) in [5.41, 5.74) is 1.09. The maximum Gasteiger partial charge on any atom is 0.225 e. The summed E-state index contributed by atoms with van der Waals surface area (Å²) in [6, 6.07) is 7.82. The quantitative estimate of drug-likeness (QED) is 0.788. The van der Waals surface area contributed by atoms with E-state index in [1.54, 1.807) is 0 Å². The molecule has 2 saturated heterocycles. The molecule has 0 N–H and O–H groups in total. The first-order valence-corrected chi connectivity index (χ1v) is 10.4. The van der Waals surface area contributed by atoms with E-state index in [1.165, 1.54) is 0 Å². The lowest BCUT2D eigenvalue weighted by Gasteiger charge is -2.35. The third-order valence-corrected chi connectivity index (χ3v) is 6.05. The minimum absolute atomic E-state index is 0.0419. The molecule has 0 unspecified atom stereocenters. The van der Waals surface area contributed by atoms with Crippen LogP contribution in [0.25, 0.3) is 10.9 Å². The summed E-state index contributed by atoms with van der Waals surface area (Å²) in [5.74, 6) is 0.432. The number of nitrogens with zero attached hydrogens (tertiary/aromatic N) is 3. The van der Waals surface area contributed by atoms with E-state index in [1.807, 2.05) is 40.3 Å². The number of benzene rings is 1. The van der Waals surface area contributed by atoms with Gasteiger partial charge >= 0.3 is 0 Å². The zero-order chi connectivity index (χ0) is 19.5. The van der Waals surface area contributed by atoms with Crippen LogP contribution in [0.3, 0.4) is 0 Å². The number of carbonyl (C=O) groups excluding carboxylic acids is 2. The van der Waals surface area contributed by atoms with Crippen LogP contribution in [-0.2, 0) is 20.9 Å². The number of aryl methyl sites for hydroxylation is 1. The number of morpholine rings is 1. The standard InChI is InChI=1S/C21H26ClN3O3/c22-18-1-2-19-17(15-18)5-7-23(19)10-6-20(26)24-8-3-16(4-9-24)21(27)25-11-13-28-14-12-25/h1-2,5,7,15-16H,3-4,6,8-14H2. The molecule has 1 aromatic carbocycles. The Morgan fingerprint density at radius 1 is 1.04 bits per heavy atom. The van der Waals surface area contributed by atoms with Gasteiger partial charge in [0.05, 0.1) is 13.2 Å². The van der Waals surface area contributed by atoms with Crippen LogP contribution in [0, 0.1) is 5.92 Å². The van der Waals surface area contributed by atoms with Gasteiger partial charge in [-0.25, -0.2) is 0 Å². The minimum atomic E-state index is 0.0419.